The number of likely N-dealkylation sites (N-methyl/N-ethyl adjacent to an activating group) is 2. The standard InChI is InChI=1S/C35H39F2N6O4S/c1-7-43(24(3)47-34(45)42(6)33-27(19-44)9-8-16-41(33)5)22-40(4)21-35(46,29-17-28(36)14-15-30(29)37)23(2)32-39-31(20-48-32)26-12-10-25(18-38)11-13-26/h7-15,17,20,22-24,44,46H,1,16,19,21H2,2-6H3/q+1. The lowest BCUT2D eigenvalue weighted by Crippen LogP contribution is -2.44. The topological polar surface area (TPSA) is 116 Å². The summed E-state index contributed by atoms with van der Waals surface area (Å²) in [6.07, 6.45) is 5.05. The van der Waals surface area contributed by atoms with Gasteiger partial charge >= 0.3 is 6.09 Å². The van der Waals surface area contributed by atoms with Crippen LogP contribution >= 0.6 is 11.3 Å². The quantitative estimate of drug-likeness (QED) is 0.117. The highest BCUT2D eigenvalue weighted by Gasteiger charge is 2.43. The van der Waals surface area contributed by atoms with Gasteiger partial charge in [0.15, 0.2) is 0 Å². The Hall–Kier alpha value is -4.90. The predicted octanol–water partition coefficient (Wildman–Crippen LogP) is 5.19. The summed E-state index contributed by atoms with van der Waals surface area (Å²) < 4.78 is 37.1. The first kappa shape index (κ1) is 35.9. The lowest BCUT2D eigenvalue weighted by Gasteiger charge is -2.34. The number of ether oxygens (including phenoxy) is 1. The Morgan fingerprint density at radius 3 is 2.65 bits per heavy atom. The molecule has 48 heavy (non-hydrogen) atoms. The Kier molecular flexibility index (Phi) is 11.5. The summed E-state index contributed by atoms with van der Waals surface area (Å²) >= 11 is 1.27. The number of carbonyl (C=O) groups is 1. The normalized spacial score (nSPS) is 15.8. The van der Waals surface area contributed by atoms with E-state index in [0.29, 0.717) is 34.2 Å². The molecule has 0 radical (unpaired) electrons. The van der Waals surface area contributed by atoms with Gasteiger partial charge in [0.25, 0.3) is 0 Å². The summed E-state index contributed by atoms with van der Waals surface area (Å²) in [6, 6.07) is 11.9. The minimum atomic E-state index is -1.98. The first-order chi connectivity index (χ1) is 22.8. The fourth-order valence-electron chi connectivity index (χ4n) is 5.49. The Labute approximate surface area is 283 Å². The molecule has 3 atom stereocenters. The molecule has 3 unspecified atom stereocenters. The molecule has 1 amide bonds. The fraction of sp³-hybridized carbons (Fsp3) is 0.314. The van der Waals surface area contributed by atoms with Gasteiger partial charge in [-0.2, -0.15) is 5.26 Å². The zero-order valence-electron chi connectivity index (χ0n) is 27.5. The van der Waals surface area contributed by atoms with E-state index in [9.17, 15) is 19.4 Å². The average molecular weight is 678 g/mol. The van der Waals surface area contributed by atoms with Crippen LogP contribution in [-0.4, -0.2) is 94.0 Å². The van der Waals surface area contributed by atoms with Crippen LogP contribution in [0.4, 0.5) is 13.6 Å². The van der Waals surface area contributed by atoms with Crippen molar-refractivity contribution in [2.24, 2.45) is 0 Å². The maximum Gasteiger partial charge on any atom is 0.418 e. The van der Waals surface area contributed by atoms with Crippen molar-refractivity contribution in [1.29, 1.82) is 5.26 Å². The molecule has 3 aromatic rings. The largest absolute Gasteiger partial charge is 0.418 e. The van der Waals surface area contributed by atoms with Crippen molar-refractivity contribution in [2.45, 2.75) is 31.6 Å². The van der Waals surface area contributed by atoms with Gasteiger partial charge in [0.1, 0.15) is 29.6 Å². The molecule has 0 spiro atoms. The second-order valence-corrected chi connectivity index (χ2v) is 12.4. The van der Waals surface area contributed by atoms with Crippen LogP contribution in [-0.2, 0) is 10.3 Å². The Morgan fingerprint density at radius 1 is 1.29 bits per heavy atom. The van der Waals surface area contributed by atoms with Crippen LogP contribution in [0.3, 0.4) is 0 Å². The summed E-state index contributed by atoms with van der Waals surface area (Å²) in [5.41, 5.74) is 0.228. The van der Waals surface area contributed by atoms with Gasteiger partial charge in [0, 0.05) is 55.6 Å². The van der Waals surface area contributed by atoms with E-state index in [4.69, 9.17) is 15.0 Å². The van der Waals surface area contributed by atoms with E-state index >= 15 is 4.39 Å². The van der Waals surface area contributed by atoms with Gasteiger partial charge in [0.05, 0.1) is 42.2 Å². The van der Waals surface area contributed by atoms with Crippen molar-refractivity contribution in [1.82, 2.24) is 19.7 Å². The van der Waals surface area contributed by atoms with E-state index in [0.717, 1.165) is 23.8 Å². The molecule has 13 heteroatoms. The van der Waals surface area contributed by atoms with E-state index in [2.05, 4.69) is 12.6 Å². The Morgan fingerprint density at radius 2 is 2.00 bits per heavy atom. The number of benzene rings is 2. The van der Waals surface area contributed by atoms with Crippen molar-refractivity contribution >= 4 is 23.8 Å². The van der Waals surface area contributed by atoms with E-state index in [1.54, 1.807) is 75.3 Å². The van der Waals surface area contributed by atoms with Crippen molar-refractivity contribution in [3.63, 3.8) is 0 Å². The molecule has 2 N–H and O–H groups in total. The monoisotopic (exact) mass is 677 g/mol. The van der Waals surface area contributed by atoms with Gasteiger partial charge in [0.2, 0.25) is 12.6 Å². The Bertz CT molecular complexity index is 1780. The minimum Gasteiger partial charge on any atom is -0.406 e. The molecule has 4 rings (SSSR count). The smallest absolute Gasteiger partial charge is 0.406 e. The van der Waals surface area contributed by atoms with Gasteiger partial charge in [-0.3, -0.25) is 9.48 Å². The van der Waals surface area contributed by atoms with Crippen molar-refractivity contribution in [3.05, 3.63) is 112 Å². The first-order valence-corrected chi connectivity index (χ1v) is 16.0. The minimum absolute atomic E-state index is 0.213. The van der Waals surface area contributed by atoms with Crippen molar-refractivity contribution in [3.8, 4) is 17.3 Å². The van der Waals surface area contributed by atoms with Gasteiger partial charge in [-0.1, -0.05) is 37.8 Å². The molecule has 0 bridgehead atoms. The molecule has 1 aliphatic rings. The number of nitrogens with zero attached hydrogens (tertiary/aromatic N) is 6. The zero-order valence-corrected chi connectivity index (χ0v) is 28.3. The number of halogens is 2. The molecule has 0 saturated heterocycles. The number of aromatic nitrogens is 1. The third-order valence-corrected chi connectivity index (χ3v) is 9.17. The molecule has 0 aliphatic carbocycles. The molecule has 1 aliphatic heterocycles. The highest BCUT2D eigenvalue weighted by atomic mass is 32.1. The Balaban J connectivity index is 1.61. The summed E-state index contributed by atoms with van der Waals surface area (Å²) in [5.74, 6) is -1.80. The second kappa shape index (κ2) is 15.3. The molecule has 10 nitrogen and oxygen atoms in total. The number of carbonyl (C=O) groups excluding carboxylic acids is 1. The lowest BCUT2D eigenvalue weighted by molar-refractivity contribution is -0.520. The number of nitriles is 1. The van der Waals surface area contributed by atoms with Crippen molar-refractivity contribution in [2.75, 3.05) is 40.8 Å². The lowest BCUT2D eigenvalue weighted by atomic mass is 9.81. The van der Waals surface area contributed by atoms with Crippen LogP contribution in [0.5, 0.6) is 0 Å². The van der Waals surface area contributed by atoms with Gasteiger partial charge in [-0.15, -0.1) is 11.3 Å². The zero-order chi connectivity index (χ0) is 35.2. The molecule has 0 fully saturated rings. The molecule has 2 aromatic carbocycles. The molecule has 252 valence electrons. The number of rotatable bonds is 12. The van der Waals surface area contributed by atoms with E-state index < -0.39 is 35.5 Å². The number of aliphatic hydroxyl groups excluding tert-OH is 1. The number of thiazole rings is 1. The number of hydrogen-bond acceptors (Lipinski definition) is 8. The van der Waals surface area contributed by atoms with E-state index in [1.807, 2.05) is 11.0 Å². The highest BCUT2D eigenvalue weighted by Crippen LogP contribution is 2.40. The van der Waals surface area contributed by atoms with Gasteiger partial charge in [-0.25, -0.2) is 23.5 Å². The number of aliphatic hydroxyl groups is 2. The number of amides is 1. The third-order valence-electron chi connectivity index (χ3n) is 8.15. The molecular weight excluding hydrogens is 638 g/mol. The van der Waals surface area contributed by atoms with Crippen LogP contribution in [0.2, 0.25) is 0 Å². The summed E-state index contributed by atoms with van der Waals surface area (Å²) in [4.78, 5) is 22.5. The molecule has 2 heterocycles. The van der Waals surface area contributed by atoms with Gasteiger partial charge in [-0.05, 0) is 30.3 Å². The van der Waals surface area contributed by atoms with Crippen LogP contribution in [0.25, 0.3) is 11.3 Å². The summed E-state index contributed by atoms with van der Waals surface area (Å²) in [7, 11) is 4.98. The molecular formula is C35H39F2N6O4S+. The van der Waals surface area contributed by atoms with Gasteiger partial charge < -0.3 is 19.8 Å². The second-order valence-electron chi connectivity index (χ2n) is 11.5. The summed E-state index contributed by atoms with van der Waals surface area (Å²) in [6.45, 7) is 7.23. The fourth-order valence-corrected chi connectivity index (χ4v) is 6.46. The molecule has 1 aromatic heterocycles. The maximum atomic E-state index is 15.3. The molecule has 0 saturated carbocycles. The first-order valence-electron chi connectivity index (χ1n) is 15.1. The van der Waals surface area contributed by atoms with Crippen molar-refractivity contribution < 1.29 is 33.1 Å². The average Bonchev–Trinajstić information content (AvgIpc) is 3.57. The third kappa shape index (κ3) is 7.79. The number of hydrogen-bond donors (Lipinski definition) is 2. The summed E-state index contributed by atoms with van der Waals surface area (Å²) in [5, 5.41) is 33.5. The van der Waals surface area contributed by atoms with E-state index in [-0.39, 0.29) is 18.7 Å². The van der Waals surface area contributed by atoms with Crippen LogP contribution in [0.15, 0.2) is 84.2 Å². The maximum absolute atomic E-state index is 15.3. The SMILES string of the molecule is C=CN(C=[N+](C)CC(O)(c1cc(F)ccc1F)C(C)c1nc(-c2ccc(C#N)cc2)cs1)C(C)OC(=O)N(C)C1=C(CO)C=CCN1C. The highest BCUT2D eigenvalue weighted by molar-refractivity contribution is 7.10. The van der Waals surface area contributed by atoms with E-state index in [1.165, 1.54) is 33.7 Å². The predicted molar refractivity (Wildman–Crippen MR) is 180 cm³/mol. The van der Waals surface area contributed by atoms with Crippen LogP contribution < -0.4 is 0 Å². The van der Waals surface area contributed by atoms with Crippen LogP contribution in [0, 0.1) is 23.0 Å². The van der Waals surface area contributed by atoms with Crippen LogP contribution in [0.1, 0.15) is 35.9 Å².